The van der Waals surface area contributed by atoms with Crippen molar-refractivity contribution in [2.75, 3.05) is 21.3 Å². The molecule has 0 radical (unpaired) electrons. The van der Waals surface area contributed by atoms with Crippen molar-refractivity contribution in [3.8, 4) is 28.7 Å². The zero-order valence-electron chi connectivity index (χ0n) is 14.8. The van der Waals surface area contributed by atoms with Crippen LogP contribution in [0.1, 0.15) is 19.4 Å². The fourth-order valence-electron chi connectivity index (χ4n) is 2.61. The molecule has 2 aromatic rings. The number of hydrogen-bond acceptors (Lipinski definition) is 5. The summed E-state index contributed by atoms with van der Waals surface area (Å²) in [4.78, 5) is 0. The second kappa shape index (κ2) is 7.34. The van der Waals surface area contributed by atoms with Gasteiger partial charge in [-0.15, -0.1) is 0 Å². The lowest BCUT2D eigenvalue weighted by Crippen LogP contribution is -2.31. The normalized spacial score (nSPS) is 11.0. The van der Waals surface area contributed by atoms with Crippen LogP contribution in [0.4, 0.5) is 0 Å². The Hall–Kier alpha value is -2.56. The van der Waals surface area contributed by atoms with Crippen molar-refractivity contribution >= 4 is 0 Å². The molecule has 0 atom stereocenters. The highest BCUT2D eigenvalue weighted by atomic mass is 16.6. The van der Waals surface area contributed by atoms with Gasteiger partial charge >= 0.3 is 0 Å². The van der Waals surface area contributed by atoms with Gasteiger partial charge in [-0.25, -0.2) is 0 Å². The largest absolute Gasteiger partial charge is 0.508 e. The van der Waals surface area contributed by atoms with Crippen molar-refractivity contribution in [1.82, 2.24) is 0 Å². The molecule has 0 aliphatic rings. The minimum atomic E-state index is -0.564. The third kappa shape index (κ3) is 3.85. The number of aromatic hydroxyl groups is 1. The summed E-state index contributed by atoms with van der Waals surface area (Å²) in [5.74, 6) is 2.34. The van der Waals surface area contributed by atoms with Gasteiger partial charge in [0.2, 0.25) is 11.5 Å². The quantitative estimate of drug-likeness (QED) is 0.835. The zero-order chi connectivity index (χ0) is 17.7. The average molecular weight is 332 g/mol. The van der Waals surface area contributed by atoms with Crippen LogP contribution in [0.25, 0.3) is 0 Å². The molecule has 5 nitrogen and oxygen atoms in total. The number of methoxy groups -OCH3 is 3. The van der Waals surface area contributed by atoms with Crippen LogP contribution < -0.4 is 18.9 Å². The molecule has 0 aliphatic heterocycles. The maximum atomic E-state index is 9.97. The zero-order valence-corrected chi connectivity index (χ0v) is 14.8. The molecule has 0 saturated carbocycles. The molecule has 0 aliphatic carbocycles. The summed E-state index contributed by atoms with van der Waals surface area (Å²) in [5.41, 5.74) is 0.257. The van der Waals surface area contributed by atoms with Crippen LogP contribution in [0, 0.1) is 0 Å². The molecule has 130 valence electrons. The first kappa shape index (κ1) is 17.8. The third-order valence-electron chi connectivity index (χ3n) is 3.66. The first-order chi connectivity index (χ1) is 11.4. The lowest BCUT2D eigenvalue weighted by atomic mass is 9.97. The van der Waals surface area contributed by atoms with Gasteiger partial charge in [0.25, 0.3) is 0 Å². The highest BCUT2D eigenvalue weighted by Crippen LogP contribution is 2.45. The van der Waals surface area contributed by atoms with Gasteiger partial charge in [-0.05, 0) is 37.6 Å². The summed E-state index contributed by atoms with van der Waals surface area (Å²) in [5, 5.41) is 9.97. The Labute approximate surface area is 142 Å². The predicted molar refractivity (Wildman–Crippen MR) is 92.6 cm³/mol. The highest BCUT2D eigenvalue weighted by Gasteiger charge is 2.26. The van der Waals surface area contributed by atoms with E-state index in [-0.39, 0.29) is 5.75 Å². The SMILES string of the molecule is COc1ccc(OC(C)(C)Cc2ccccc2O)c(OC)c1OC. The molecule has 5 heteroatoms. The van der Waals surface area contributed by atoms with Gasteiger partial charge in [-0.2, -0.15) is 0 Å². The fourth-order valence-corrected chi connectivity index (χ4v) is 2.61. The van der Waals surface area contributed by atoms with Crippen LogP contribution in [-0.4, -0.2) is 32.0 Å². The molecule has 0 unspecified atom stereocenters. The molecule has 0 saturated heterocycles. The van der Waals surface area contributed by atoms with Gasteiger partial charge in [-0.1, -0.05) is 18.2 Å². The molecule has 0 aromatic heterocycles. The summed E-state index contributed by atoms with van der Waals surface area (Å²) in [6.45, 7) is 3.91. The van der Waals surface area contributed by atoms with E-state index in [1.54, 1.807) is 45.6 Å². The first-order valence-corrected chi connectivity index (χ1v) is 7.66. The topological polar surface area (TPSA) is 57.2 Å². The molecule has 0 heterocycles. The minimum absolute atomic E-state index is 0.258. The van der Waals surface area contributed by atoms with Crippen molar-refractivity contribution in [1.29, 1.82) is 0 Å². The van der Waals surface area contributed by atoms with Crippen LogP contribution in [0.15, 0.2) is 36.4 Å². The predicted octanol–water partition coefficient (Wildman–Crippen LogP) is 3.82. The number of para-hydroxylation sites is 1. The van der Waals surface area contributed by atoms with Crippen molar-refractivity contribution < 1.29 is 24.1 Å². The Kier molecular flexibility index (Phi) is 5.44. The van der Waals surface area contributed by atoms with Gasteiger partial charge in [0, 0.05) is 6.42 Å². The number of hydrogen-bond donors (Lipinski definition) is 1. The van der Waals surface area contributed by atoms with Crippen molar-refractivity contribution in [3.05, 3.63) is 42.0 Å². The number of rotatable bonds is 7. The number of phenols is 1. The summed E-state index contributed by atoms with van der Waals surface area (Å²) in [7, 11) is 4.68. The molecule has 24 heavy (non-hydrogen) atoms. The lowest BCUT2D eigenvalue weighted by molar-refractivity contribution is 0.103. The Balaban J connectivity index is 2.30. The molecule has 1 N–H and O–H groups in total. The summed E-state index contributed by atoms with van der Waals surface area (Å²) >= 11 is 0. The van der Waals surface area contributed by atoms with E-state index in [0.29, 0.717) is 29.4 Å². The van der Waals surface area contributed by atoms with Crippen molar-refractivity contribution in [2.45, 2.75) is 25.9 Å². The van der Waals surface area contributed by atoms with E-state index in [4.69, 9.17) is 18.9 Å². The minimum Gasteiger partial charge on any atom is -0.508 e. The van der Waals surface area contributed by atoms with E-state index >= 15 is 0 Å². The Morgan fingerprint density at radius 3 is 2.00 bits per heavy atom. The maximum Gasteiger partial charge on any atom is 0.207 e. The maximum absolute atomic E-state index is 9.97. The van der Waals surface area contributed by atoms with E-state index in [1.807, 2.05) is 26.0 Å². The Morgan fingerprint density at radius 1 is 0.833 bits per heavy atom. The van der Waals surface area contributed by atoms with Crippen LogP contribution in [-0.2, 0) is 6.42 Å². The molecule has 2 rings (SSSR count). The van der Waals surface area contributed by atoms with E-state index < -0.39 is 5.60 Å². The molecule has 0 fully saturated rings. The molecule has 0 spiro atoms. The van der Waals surface area contributed by atoms with Crippen LogP contribution in [0.2, 0.25) is 0 Å². The molecule has 0 bridgehead atoms. The fraction of sp³-hybridized carbons (Fsp3) is 0.368. The smallest absolute Gasteiger partial charge is 0.207 e. The van der Waals surface area contributed by atoms with Gasteiger partial charge < -0.3 is 24.1 Å². The summed E-state index contributed by atoms with van der Waals surface area (Å²) in [6.07, 6.45) is 0.539. The second-order valence-electron chi connectivity index (χ2n) is 6.00. The number of phenolic OH excluding ortho intramolecular Hbond substituents is 1. The summed E-state index contributed by atoms with van der Waals surface area (Å²) < 4.78 is 22.3. The van der Waals surface area contributed by atoms with Crippen LogP contribution >= 0.6 is 0 Å². The molecule has 2 aromatic carbocycles. The lowest BCUT2D eigenvalue weighted by Gasteiger charge is -2.28. The number of ether oxygens (including phenoxy) is 4. The second-order valence-corrected chi connectivity index (χ2v) is 6.00. The average Bonchev–Trinajstić information content (AvgIpc) is 2.55. The Morgan fingerprint density at radius 2 is 1.42 bits per heavy atom. The molecule has 0 amide bonds. The van der Waals surface area contributed by atoms with E-state index in [2.05, 4.69) is 0 Å². The van der Waals surface area contributed by atoms with E-state index in [0.717, 1.165) is 5.56 Å². The van der Waals surface area contributed by atoms with Crippen molar-refractivity contribution in [2.24, 2.45) is 0 Å². The van der Waals surface area contributed by atoms with Crippen molar-refractivity contribution in [3.63, 3.8) is 0 Å². The third-order valence-corrected chi connectivity index (χ3v) is 3.66. The van der Waals surface area contributed by atoms with Gasteiger partial charge in [0.15, 0.2) is 11.5 Å². The van der Waals surface area contributed by atoms with E-state index in [9.17, 15) is 5.11 Å². The molecular weight excluding hydrogens is 308 g/mol. The van der Waals surface area contributed by atoms with Gasteiger partial charge in [-0.3, -0.25) is 0 Å². The monoisotopic (exact) mass is 332 g/mol. The van der Waals surface area contributed by atoms with Gasteiger partial charge in [0.1, 0.15) is 11.4 Å². The first-order valence-electron chi connectivity index (χ1n) is 7.66. The Bertz CT molecular complexity index is 694. The highest BCUT2D eigenvalue weighted by molar-refractivity contribution is 5.59. The van der Waals surface area contributed by atoms with Gasteiger partial charge in [0.05, 0.1) is 21.3 Å². The standard InChI is InChI=1S/C19H24O5/c1-19(2,12-13-8-6-7-9-14(13)20)24-16-11-10-15(21-3)17(22-4)18(16)23-5/h6-11,20H,12H2,1-5H3. The van der Waals surface area contributed by atoms with Crippen LogP contribution in [0.5, 0.6) is 28.7 Å². The molecular formula is C19H24O5. The van der Waals surface area contributed by atoms with Crippen LogP contribution in [0.3, 0.4) is 0 Å². The summed E-state index contributed by atoms with van der Waals surface area (Å²) in [6, 6.07) is 10.8. The van der Waals surface area contributed by atoms with E-state index in [1.165, 1.54) is 0 Å². The number of benzene rings is 2.